The lowest BCUT2D eigenvalue weighted by Gasteiger charge is -2.05. The molecule has 0 aliphatic rings. The molecule has 0 bridgehead atoms. The van der Waals surface area contributed by atoms with Gasteiger partial charge in [-0.1, -0.05) is 131 Å². The zero-order valence-electron chi connectivity index (χ0n) is 45.5. The van der Waals surface area contributed by atoms with Crippen LogP contribution < -0.4 is 5.46 Å². The Morgan fingerprint density at radius 1 is 0.376 bits per heavy atom. The van der Waals surface area contributed by atoms with Crippen molar-refractivity contribution in [2.45, 2.75) is 35.1 Å². The second-order valence-electron chi connectivity index (χ2n) is 18.6. The number of hydrogen-bond donors (Lipinski definition) is 2. The van der Waals surface area contributed by atoms with Gasteiger partial charge in [0.05, 0.1) is 39.9 Å². The predicted octanol–water partition coefficient (Wildman–Crippen LogP) is 14.1. The van der Waals surface area contributed by atoms with Gasteiger partial charge in [0.2, 0.25) is 0 Å². The fourth-order valence-electron chi connectivity index (χ4n) is 8.39. The first-order valence-corrected chi connectivity index (χ1v) is 27.1. The van der Waals surface area contributed by atoms with Crippen molar-refractivity contribution >= 4 is 52.8 Å². The Bertz CT molecular complexity index is 3960. The van der Waals surface area contributed by atoms with Crippen LogP contribution >= 0.6 is 15.9 Å². The molecule has 0 aliphatic carbocycles. The quantitative estimate of drug-likeness (QED) is 0.0831. The molecule has 0 unspecified atom stereocenters. The molecule has 0 amide bonds. The summed E-state index contributed by atoms with van der Waals surface area (Å²) in [5.41, 5.74) is 13.7. The number of hydrogen-bond acceptors (Lipinski definition) is 11. The van der Waals surface area contributed by atoms with Crippen molar-refractivity contribution in [2.75, 3.05) is 0 Å². The van der Waals surface area contributed by atoms with Gasteiger partial charge in [0.15, 0.2) is 0 Å². The summed E-state index contributed by atoms with van der Waals surface area (Å²) >= 11 is 3.37. The van der Waals surface area contributed by atoms with Crippen molar-refractivity contribution in [1.29, 1.82) is 0 Å². The van der Waals surface area contributed by atoms with Gasteiger partial charge in [-0.15, -0.1) is 0 Å². The van der Waals surface area contributed by atoms with Gasteiger partial charge in [-0.05, 0) is 125 Å². The fourth-order valence-corrected chi connectivity index (χ4v) is 8.75. The van der Waals surface area contributed by atoms with Crippen LogP contribution in [0.3, 0.4) is 0 Å². The van der Waals surface area contributed by atoms with Gasteiger partial charge in [-0.2, -0.15) is 0 Å². The van der Waals surface area contributed by atoms with Crippen LogP contribution in [-0.4, -0.2) is 75.7 Å². The number of nitrogens with zero attached hydrogens (tertiary/aromatic N) is 12. The molecular weight excluding hydrogens is 1120 g/mol. The Kier molecular flexibility index (Phi) is 24.7. The molecule has 0 atom stereocenters. The summed E-state index contributed by atoms with van der Waals surface area (Å²) in [6, 6.07) is 59.6. The zero-order chi connectivity index (χ0) is 56.9. The molecule has 428 valence electrons. The predicted molar refractivity (Wildman–Crippen MR) is 352 cm³/mol. The van der Waals surface area contributed by atoms with Gasteiger partial charge < -0.3 is 23.7 Å². The van der Waals surface area contributed by atoms with Crippen LogP contribution in [0.2, 0.25) is 0 Å². The molecule has 0 spiro atoms. The van der Waals surface area contributed by atoms with Gasteiger partial charge >= 0.3 is 7.12 Å². The summed E-state index contributed by atoms with van der Waals surface area (Å²) in [7, 11) is 4.66. The van der Waals surface area contributed by atoms with E-state index in [1.807, 2.05) is 181 Å². The summed E-state index contributed by atoms with van der Waals surface area (Å²) in [6.07, 6.45) is 25.9. The monoisotopic (exact) mass is 1190 g/mol. The van der Waals surface area contributed by atoms with E-state index in [-0.39, 0.29) is 22.3 Å². The zero-order valence-corrected chi connectivity index (χ0v) is 47.0. The van der Waals surface area contributed by atoms with Gasteiger partial charge in [0.25, 0.3) is 0 Å². The third-order valence-electron chi connectivity index (χ3n) is 12.7. The summed E-state index contributed by atoms with van der Waals surface area (Å²) in [6.45, 7) is 0. The molecule has 0 saturated heterocycles. The normalized spacial score (nSPS) is 10.4. The Morgan fingerprint density at radius 3 is 1.24 bits per heavy atom. The van der Waals surface area contributed by atoms with Gasteiger partial charge in [0, 0.05) is 117 Å². The van der Waals surface area contributed by atoms with Gasteiger partial charge in [-0.3, -0.25) is 19.9 Å². The van der Waals surface area contributed by atoms with E-state index < -0.39 is 7.12 Å². The molecule has 0 saturated carbocycles. The molecule has 14 nitrogen and oxygen atoms in total. The second-order valence-corrected chi connectivity index (χ2v) is 19.4. The first-order valence-electron chi connectivity index (χ1n) is 26.4. The first kappa shape index (κ1) is 64.3. The van der Waals surface area contributed by atoms with E-state index in [2.05, 4.69) is 107 Å². The van der Waals surface area contributed by atoms with Crippen molar-refractivity contribution in [3.05, 3.63) is 277 Å². The van der Waals surface area contributed by atoms with Crippen molar-refractivity contribution in [2.24, 2.45) is 21.1 Å². The lowest BCUT2D eigenvalue weighted by Crippen LogP contribution is -2.29. The van der Waals surface area contributed by atoms with E-state index in [0.717, 1.165) is 108 Å². The highest BCUT2D eigenvalue weighted by Crippen LogP contribution is 2.23. The van der Waals surface area contributed by atoms with E-state index in [1.54, 1.807) is 36.9 Å². The average Bonchev–Trinajstić information content (AvgIpc) is 4.48. The lowest BCUT2D eigenvalue weighted by atomic mass is 9.81. The molecule has 2 N–H and O–H groups in total. The Balaban J connectivity index is 0.000000188. The number of pyridine rings is 6. The molecule has 0 fully saturated rings. The molecule has 9 heterocycles. The number of imidazole rings is 3. The minimum atomic E-state index is -1.38. The molecule has 12 aromatic rings. The molecule has 0 aliphatic heterocycles. The highest BCUT2D eigenvalue weighted by Gasteiger charge is 2.11. The number of aromatic nitrogens is 12. The topological polar surface area (TPSA) is 171 Å². The SMILES string of the molecule is C.C.C.Cn1cc(-c2ccccc2)nc1/C=C/c1cccc(-c2ccncc2)n1.Cn1cc(-c2ccccc2)nc1/C=C/c1cccc(Br)n1.Cn1cc(-c2ccccc2)nc1CCc1cccc(-c2ccncc2)n1.OB(O)c1ccncc1. The van der Waals surface area contributed by atoms with Crippen LogP contribution in [-0.2, 0) is 34.0 Å². The van der Waals surface area contributed by atoms with Crippen LogP contribution in [0.4, 0.5) is 0 Å². The molecule has 16 heteroatoms. The van der Waals surface area contributed by atoms with Crippen LogP contribution in [0.15, 0.2) is 242 Å². The number of rotatable bonds is 13. The maximum Gasteiger partial charge on any atom is 0.488 e. The second kappa shape index (κ2) is 32.7. The first-order chi connectivity index (χ1) is 40.1. The van der Waals surface area contributed by atoms with E-state index in [9.17, 15) is 0 Å². The Labute approximate surface area is 508 Å². The van der Waals surface area contributed by atoms with Crippen LogP contribution in [0.5, 0.6) is 0 Å². The number of benzene rings is 3. The smallest absolute Gasteiger partial charge is 0.423 e. The Morgan fingerprint density at radius 2 is 0.776 bits per heavy atom. The molecule has 0 radical (unpaired) electrons. The van der Waals surface area contributed by atoms with Crippen LogP contribution in [0.1, 0.15) is 56.8 Å². The van der Waals surface area contributed by atoms with Crippen LogP contribution in [0.25, 0.3) is 80.6 Å². The van der Waals surface area contributed by atoms with Gasteiger partial charge in [0.1, 0.15) is 22.1 Å². The molecule has 9 aromatic heterocycles. The molecule has 3 aromatic carbocycles. The minimum absolute atomic E-state index is 0. The average molecular weight is 1190 g/mol. The molecular formula is C69H70BBrN12O2. The summed E-state index contributed by atoms with van der Waals surface area (Å²) in [4.78, 5) is 39.9. The van der Waals surface area contributed by atoms with Crippen molar-refractivity contribution in [3.8, 4) is 56.3 Å². The largest absolute Gasteiger partial charge is 0.488 e. The van der Waals surface area contributed by atoms with E-state index in [1.165, 1.54) is 12.4 Å². The number of aryl methyl sites for hydroxylation is 5. The minimum Gasteiger partial charge on any atom is -0.423 e. The maximum absolute atomic E-state index is 8.55. The lowest BCUT2D eigenvalue weighted by molar-refractivity contribution is 0.425. The summed E-state index contributed by atoms with van der Waals surface area (Å²) in [5, 5.41) is 17.1. The highest BCUT2D eigenvalue weighted by molar-refractivity contribution is 9.10. The Hall–Kier alpha value is -9.87. The van der Waals surface area contributed by atoms with Crippen molar-refractivity contribution in [1.82, 2.24) is 58.6 Å². The van der Waals surface area contributed by atoms with Crippen molar-refractivity contribution in [3.63, 3.8) is 0 Å². The third-order valence-corrected chi connectivity index (χ3v) is 13.1. The van der Waals surface area contributed by atoms with Crippen molar-refractivity contribution < 1.29 is 10.0 Å². The summed E-state index contributed by atoms with van der Waals surface area (Å²) in [5.74, 6) is 2.86. The van der Waals surface area contributed by atoms with Crippen LogP contribution in [0, 0.1) is 0 Å². The fraction of sp³-hybridized carbons (Fsp3) is 0.116. The van der Waals surface area contributed by atoms with E-state index in [0.29, 0.717) is 5.46 Å². The standard InChI is InChI=1S/C22H20N4.C22H18N4.C17H14BrN3.C5H6BNO2.3CH4/c2*1-26-16-21(17-6-3-2-4-7-17)25-22(26)11-10-19-8-5-9-20(24-19)18-12-14-23-15-13-18;1-21-12-15(13-6-3-2-4-7-13)20-17(21)11-10-14-8-5-9-16(18)19-14;8-6(9)5-1-3-7-4-2-5;;;/h2-9,12-16H,10-11H2,1H3;2-16H,1H3;2-12H,1H3;1-4,8-9H;3*1H4/b;2*11-10+;;;;. The van der Waals surface area contributed by atoms with E-state index >= 15 is 0 Å². The molecule has 85 heavy (non-hydrogen) atoms. The number of halogens is 1. The van der Waals surface area contributed by atoms with Gasteiger partial charge in [-0.25, -0.2) is 24.9 Å². The molecule has 12 rings (SSSR count). The highest BCUT2D eigenvalue weighted by atomic mass is 79.9. The third kappa shape index (κ3) is 18.8. The summed E-state index contributed by atoms with van der Waals surface area (Å²) < 4.78 is 6.96. The maximum atomic E-state index is 8.55. The van der Waals surface area contributed by atoms with E-state index in [4.69, 9.17) is 30.0 Å².